The average molecular weight is 511 g/mol. The summed E-state index contributed by atoms with van der Waals surface area (Å²) in [6.45, 7) is 3.96. The van der Waals surface area contributed by atoms with Crippen molar-refractivity contribution >= 4 is 39.3 Å². The molecule has 1 aromatic heterocycles. The van der Waals surface area contributed by atoms with E-state index in [2.05, 4.69) is 38.4 Å². The summed E-state index contributed by atoms with van der Waals surface area (Å²) in [5, 5.41) is 11.2. The van der Waals surface area contributed by atoms with E-state index in [4.69, 9.17) is 4.74 Å². The molecular weight excluding hydrogens is 490 g/mol. The fourth-order valence-corrected chi connectivity index (χ4v) is 4.06. The minimum atomic E-state index is -0.857. The van der Waals surface area contributed by atoms with Crippen molar-refractivity contribution in [2.75, 3.05) is 11.1 Å². The molecule has 0 radical (unpaired) electrons. The average Bonchev–Trinajstić information content (AvgIpc) is 3.10. The van der Waals surface area contributed by atoms with Crippen LogP contribution >= 0.6 is 27.7 Å². The second-order valence-electron chi connectivity index (χ2n) is 6.74. The van der Waals surface area contributed by atoms with Gasteiger partial charge in [-0.15, -0.1) is 10.2 Å². The number of nitrogens with one attached hydrogen (secondary N) is 1. The Hall–Kier alpha value is -2.46. The number of benzene rings is 2. The molecule has 1 heterocycles. The summed E-state index contributed by atoms with van der Waals surface area (Å²) in [5.74, 6) is -0.739. The van der Waals surface area contributed by atoms with E-state index in [-0.39, 0.29) is 22.0 Å². The first-order valence-electron chi connectivity index (χ1n) is 9.50. The highest BCUT2D eigenvalue weighted by atomic mass is 79.9. The first kappa shape index (κ1) is 23.2. The van der Waals surface area contributed by atoms with Gasteiger partial charge in [0.1, 0.15) is 11.6 Å². The summed E-state index contributed by atoms with van der Waals surface area (Å²) >= 11 is 4.20. The van der Waals surface area contributed by atoms with Crippen molar-refractivity contribution in [1.29, 1.82) is 0 Å². The number of aromatic nitrogens is 3. The van der Waals surface area contributed by atoms with E-state index in [1.165, 1.54) is 5.56 Å². The van der Waals surface area contributed by atoms with Crippen molar-refractivity contribution < 1.29 is 18.3 Å². The van der Waals surface area contributed by atoms with E-state index in [0.29, 0.717) is 17.0 Å². The maximum Gasteiger partial charge on any atom is 0.234 e. The Labute approximate surface area is 191 Å². The van der Waals surface area contributed by atoms with Crippen LogP contribution in [0.2, 0.25) is 0 Å². The van der Waals surface area contributed by atoms with Crippen molar-refractivity contribution in [3.05, 3.63) is 63.9 Å². The molecule has 2 aromatic carbocycles. The van der Waals surface area contributed by atoms with Crippen molar-refractivity contribution in [3.63, 3.8) is 0 Å². The van der Waals surface area contributed by atoms with Gasteiger partial charge in [-0.2, -0.15) is 0 Å². The van der Waals surface area contributed by atoms with Crippen LogP contribution in [0.4, 0.5) is 14.5 Å². The van der Waals surface area contributed by atoms with Crippen molar-refractivity contribution in [2.45, 2.75) is 31.5 Å². The monoisotopic (exact) mass is 510 g/mol. The fourth-order valence-electron chi connectivity index (χ4n) is 2.83. The van der Waals surface area contributed by atoms with Gasteiger partial charge in [0.25, 0.3) is 0 Å². The minimum absolute atomic E-state index is 0.0249. The minimum Gasteiger partial charge on any atom is -0.483 e. The highest BCUT2D eigenvalue weighted by molar-refractivity contribution is 9.10. The van der Waals surface area contributed by atoms with Gasteiger partial charge >= 0.3 is 0 Å². The summed E-state index contributed by atoms with van der Waals surface area (Å²) in [6.07, 6.45) is 0.607. The van der Waals surface area contributed by atoms with E-state index in [0.717, 1.165) is 30.0 Å². The van der Waals surface area contributed by atoms with Crippen LogP contribution in [0.1, 0.15) is 31.3 Å². The van der Waals surface area contributed by atoms with Gasteiger partial charge in [0, 0.05) is 17.6 Å². The Morgan fingerprint density at radius 3 is 2.61 bits per heavy atom. The van der Waals surface area contributed by atoms with E-state index in [9.17, 15) is 13.6 Å². The molecule has 0 saturated carbocycles. The lowest BCUT2D eigenvalue weighted by atomic mass is 10.2. The van der Waals surface area contributed by atoms with Crippen LogP contribution in [0.25, 0.3) is 0 Å². The van der Waals surface area contributed by atoms with E-state index in [1.54, 1.807) is 11.6 Å². The van der Waals surface area contributed by atoms with Gasteiger partial charge in [0.15, 0.2) is 22.9 Å². The van der Waals surface area contributed by atoms with Gasteiger partial charge in [-0.1, -0.05) is 30.8 Å². The molecule has 1 N–H and O–H groups in total. The van der Waals surface area contributed by atoms with Crippen LogP contribution in [0.15, 0.2) is 46.0 Å². The first-order valence-corrected chi connectivity index (χ1v) is 11.3. The number of hydrogen-bond donors (Lipinski definition) is 1. The third kappa shape index (κ3) is 5.82. The Balaban J connectivity index is 1.60. The molecule has 0 bridgehead atoms. The molecule has 164 valence electrons. The van der Waals surface area contributed by atoms with E-state index in [1.807, 2.05) is 31.2 Å². The number of anilines is 1. The molecule has 0 unspecified atom stereocenters. The summed E-state index contributed by atoms with van der Waals surface area (Å²) in [5.41, 5.74) is 1.12. The zero-order chi connectivity index (χ0) is 22.5. The van der Waals surface area contributed by atoms with Crippen LogP contribution in [0.3, 0.4) is 0 Å². The number of rotatable bonds is 8. The molecule has 1 amide bonds. The maximum absolute atomic E-state index is 13.9. The smallest absolute Gasteiger partial charge is 0.234 e. The number of nitrogens with zero attached hydrogens (tertiary/aromatic N) is 3. The van der Waals surface area contributed by atoms with Crippen LogP contribution in [0, 0.1) is 11.6 Å². The van der Waals surface area contributed by atoms with Crippen molar-refractivity contribution in [1.82, 2.24) is 14.8 Å². The molecule has 0 aliphatic rings. The Morgan fingerprint density at radius 2 is 1.97 bits per heavy atom. The van der Waals surface area contributed by atoms with Gasteiger partial charge in [0.2, 0.25) is 5.91 Å². The predicted octanol–water partition coefficient (Wildman–Crippen LogP) is 5.29. The van der Waals surface area contributed by atoms with Crippen molar-refractivity contribution in [2.24, 2.45) is 7.05 Å². The summed E-state index contributed by atoms with van der Waals surface area (Å²) in [7, 11) is 1.78. The second-order valence-corrected chi connectivity index (χ2v) is 8.54. The van der Waals surface area contributed by atoms with Crippen LogP contribution in [-0.4, -0.2) is 26.4 Å². The van der Waals surface area contributed by atoms with Crippen LogP contribution < -0.4 is 10.1 Å². The van der Waals surface area contributed by atoms with Gasteiger partial charge in [-0.05, 0) is 53.0 Å². The molecule has 3 rings (SSSR count). The van der Waals surface area contributed by atoms with E-state index < -0.39 is 17.5 Å². The summed E-state index contributed by atoms with van der Waals surface area (Å²) in [4.78, 5) is 12.2. The lowest BCUT2D eigenvalue weighted by Crippen LogP contribution is -2.16. The topological polar surface area (TPSA) is 69.0 Å². The molecule has 10 heteroatoms. The predicted molar refractivity (Wildman–Crippen MR) is 119 cm³/mol. The SMILES string of the molecule is CCc1ccc(O[C@@H](C)c2nnc(SCC(=O)Nc3c(F)cc(F)cc3Br)n2C)cc1. The number of carbonyl (C=O) groups excluding carboxylic acids is 1. The lowest BCUT2D eigenvalue weighted by molar-refractivity contribution is -0.113. The first-order chi connectivity index (χ1) is 14.8. The van der Waals surface area contributed by atoms with E-state index >= 15 is 0 Å². The molecule has 0 saturated heterocycles. The molecule has 31 heavy (non-hydrogen) atoms. The number of amides is 1. The fraction of sp³-hybridized carbons (Fsp3) is 0.286. The van der Waals surface area contributed by atoms with Crippen LogP contribution in [-0.2, 0) is 18.3 Å². The number of aryl methyl sites for hydroxylation is 1. The molecule has 3 aromatic rings. The van der Waals surface area contributed by atoms with Gasteiger partial charge < -0.3 is 14.6 Å². The van der Waals surface area contributed by atoms with Crippen molar-refractivity contribution in [3.8, 4) is 5.75 Å². The molecule has 1 atom stereocenters. The summed E-state index contributed by atoms with van der Waals surface area (Å²) in [6, 6.07) is 9.65. The molecule has 6 nitrogen and oxygen atoms in total. The number of halogens is 3. The standard InChI is InChI=1S/C21H21BrF2N4O2S/c1-4-13-5-7-15(8-6-13)30-12(2)20-26-27-21(28(20)3)31-11-18(29)25-19-16(22)9-14(23)10-17(19)24/h5-10,12H,4,11H2,1-3H3,(H,25,29)/t12-/m0/s1. The highest BCUT2D eigenvalue weighted by Crippen LogP contribution is 2.28. The third-order valence-electron chi connectivity index (χ3n) is 4.48. The Bertz CT molecular complexity index is 1050. The van der Waals surface area contributed by atoms with Gasteiger partial charge in [-0.25, -0.2) is 8.78 Å². The largest absolute Gasteiger partial charge is 0.483 e. The lowest BCUT2D eigenvalue weighted by Gasteiger charge is -2.14. The quantitative estimate of drug-likeness (QED) is 0.417. The normalized spacial score (nSPS) is 11.9. The Morgan fingerprint density at radius 1 is 1.26 bits per heavy atom. The Kier molecular flexibility index (Phi) is 7.66. The van der Waals surface area contributed by atoms with Crippen LogP contribution in [0.5, 0.6) is 5.75 Å². The number of thioether (sulfide) groups is 1. The third-order valence-corrected chi connectivity index (χ3v) is 6.13. The highest BCUT2D eigenvalue weighted by Gasteiger charge is 2.19. The summed E-state index contributed by atoms with van der Waals surface area (Å²) < 4.78 is 34.9. The maximum atomic E-state index is 13.9. The van der Waals surface area contributed by atoms with Gasteiger partial charge in [-0.3, -0.25) is 4.79 Å². The number of ether oxygens (including phenoxy) is 1. The number of hydrogen-bond acceptors (Lipinski definition) is 5. The number of carbonyl (C=O) groups is 1. The molecular formula is C21H21BrF2N4O2S. The molecule has 0 spiro atoms. The zero-order valence-corrected chi connectivity index (χ0v) is 19.6. The van der Waals surface area contributed by atoms with Gasteiger partial charge in [0.05, 0.1) is 11.4 Å². The second kappa shape index (κ2) is 10.2. The molecule has 0 fully saturated rings. The molecule has 0 aliphatic carbocycles. The zero-order valence-electron chi connectivity index (χ0n) is 17.2. The molecule has 0 aliphatic heterocycles.